The van der Waals surface area contributed by atoms with E-state index in [0.29, 0.717) is 31.8 Å². The standard InChI is InChI=1S/C22H29N3O3/c1-16(25-20(27)22(23-21(25)28)12-5-6-13-22)19(26)24-14-7-10-18(11-15-24)17-8-3-2-4-9-17/h2-4,8-9,16,18H,5-7,10-15H2,1H3,(H,23,28). The second-order valence-electron chi connectivity index (χ2n) is 8.43. The highest BCUT2D eigenvalue weighted by Crippen LogP contribution is 2.36. The molecule has 2 heterocycles. The first-order chi connectivity index (χ1) is 13.5. The van der Waals surface area contributed by atoms with E-state index in [-0.39, 0.29) is 11.8 Å². The number of carbonyl (C=O) groups excluding carboxylic acids is 3. The predicted molar refractivity (Wildman–Crippen MR) is 106 cm³/mol. The van der Waals surface area contributed by atoms with Gasteiger partial charge < -0.3 is 10.2 Å². The second-order valence-corrected chi connectivity index (χ2v) is 8.43. The van der Waals surface area contributed by atoms with Crippen LogP contribution in [-0.2, 0) is 9.59 Å². The third kappa shape index (κ3) is 3.29. The lowest BCUT2D eigenvalue weighted by Gasteiger charge is -2.29. The summed E-state index contributed by atoms with van der Waals surface area (Å²) >= 11 is 0. The first kappa shape index (κ1) is 19.0. The van der Waals surface area contributed by atoms with Gasteiger partial charge in [0.15, 0.2) is 0 Å². The van der Waals surface area contributed by atoms with Crippen LogP contribution in [0.3, 0.4) is 0 Å². The third-order valence-corrected chi connectivity index (χ3v) is 6.71. The number of carbonyl (C=O) groups is 3. The van der Waals surface area contributed by atoms with E-state index in [1.54, 1.807) is 6.92 Å². The summed E-state index contributed by atoms with van der Waals surface area (Å²) in [4.78, 5) is 41.6. The number of imide groups is 1. The maximum atomic E-state index is 13.1. The predicted octanol–water partition coefficient (Wildman–Crippen LogP) is 3.04. The highest BCUT2D eigenvalue weighted by molar-refractivity contribution is 6.09. The molecule has 1 N–H and O–H groups in total. The number of hydrogen-bond acceptors (Lipinski definition) is 3. The highest BCUT2D eigenvalue weighted by Gasteiger charge is 2.54. The molecule has 28 heavy (non-hydrogen) atoms. The Hall–Kier alpha value is -2.37. The van der Waals surface area contributed by atoms with E-state index in [1.807, 2.05) is 11.0 Å². The van der Waals surface area contributed by atoms with Crippen molar-refractivity contribution in [2.45, 2.75) is 69.4 Å². The van der Waals surface area contributed by atoms with Crippen LogP contribution in [0.2, 0.25) is 0 Å². The Labute approximate surface area is 166 Å². The molecule has 1 aliphatic carbocycles. The van der Waals surface area contributed by atoms with Crippen molar-refractivity contribution < 1.29 is 14.4 Å². The van der Waals surface area contributed by atoms with Gasteiger partial charge in [0, 0.05) is 13.1 Å². The van der Waals surface area contributed by atoms with Gasteiger partial charge in [-0.2, -0.15) is 0 Å². The Morgan fingerprint density at radius 2 is 1.79 bits per heavy atom. The minimum Gasteiger partial charge on any atom is -0.341 e. The van der Waals surface area contributed by atoms with Gasteiger partial charge in [0.05, 0.1) is 0 Å². The molecule has 1 aromatic rings. The van der Waals surface area contributed by atoms with Crippen molar-refractivity contribution in [1.82, 2.24) is 15.1 Å². The van der Waals surface area contributed by atoms with Crippen molar-refractivity contribution in [2.75, 3.05) is 13.1 Å². The van der Waals surface area contributed by atoms with Gasteiger partial charge in [0.1, 0.15) is 11.6 Å². The van der Waals surface area contributed by atoms with Crippen LogP contribution in [-0.4, -0.2) is 52.3 Å². The van der Waals surface area contributed by atoms with Crippen LogP contribution in [0.1, 0.15) is 63.4 Å². The zero-order chi connectivity index (χ0) is 19.7. The molecule has 1 saturated carbocycles. The molecule has 6 nitrogen and oxygen atoms in total. The van der Waals surface area contributed by atoms with Gasteiger partial charge in [-0.25, -0.2) is 9.69 Å². The number of urea groups is 1. The molecule has 2 unspecified atom stereocenters. The van der Waals surface area contributed by atoms with Crippen molar-refractivity contribution in [2.24, 2.45) is 0 Å². The minimum absolute atomic E-state index is 0.118. The molecule has 4 amide bonds. The Morgan fingerprint density at radius 1 is 1.07 bits per heavy atom. The van der Waals surface area contributed by atoms with Gasteiger partial charge >= 0.3 is 6.03 Å². The Morgan fingerprint density at radius 3 is 2.50 bits per heavy atom. The number of nitrogens with one attached hydrogen (secondary N) is 1. The first-order valence-electron chi connectivity index (χ1n) is 10.5. The number of likely N-dealkylation sites (tertiary alicyclic amines) is 1. The van der Waals surface area contributed by atoms with E-state index < -0.39 is 17.6 Å². The van der Waals surface area contributed by atoms with Gasteiger partial charge in [-0.15, -0.1) is 0 Å². The normalized spacial score (nSPS) is 25.7. The van der Waals surface area contributed by atoms with Crippen molar-refractivity contribution >= 4 is 17.8 Å². The molecule has 2 aliphatic heterocycles. The van der Waals surface area contributed by atoms with Crippen LogP contribution in [0.5, 0.6) is 0 Å². The molecule has 0 bridgehead atoms. The molecule has 4 rings (SSSR count). The van der Waals surface area contributed by atoms with Gasteiger partial charge in [-0.3, -0.25) is 9.59 Å². The summed E-state index contributed by atoms with van der Waals surface area (Å²) in [6.45, 7) is 3.03. The van der Waals surface area contributed by atoms with Crippen molar-refractivity contribution in [3.63, 3.8) is 0 Å². The third-order valence-electron chi connectivity index (χ3n) is 6.71. The molecule has 3 fully saturated rings. The molecular weight excluding hydrogens is 354 g/mol. The van der Waals surface area contributed by atoms with Gasteiger partial charge in [-0.1, -0.05) is 43.2 Å². The maximum absolute atomic E-state index is 13.1. The molecule has 1 spiro atoms. The summed E-state index contributed by atoms with van der Waals surface area (Å²) in [5.74, 6) is 0.118. The lowest BCUT2D eigenvalue weighted by molar-refractivity contribution is -0.142. The monoisotopic (exact) mass is 383 g/mol. The largest absolute Gasteiger partial charge is 0.341 e. The number of benzene rings is 1. The zero-order valence-electron chi connectivity index (χ0n) is 16.5. The van der Waals surface area contributed by atoms with Crippen molar-refractivity contribution in [3.8, 4) is 0 Å². The van der Waals surface area contributed by atoms with Crippen LogP contribution >= 0.6 is 0 Å². The van der Waals surface area contributed by atoms with Gasteiger partial charge in [0.25, 0.3) is 5.91 Å². The van der Waals surface area contributed by atoms with E-state index in [9.17, 15) is 14.4 Å². The summed E-state index contributed by atoms with van der Waals surface area (Å²) in [7, 11) is 0. The summed E-state index contributed by atoms with van der Waals surface area (Å²) in [5.41, 5.74) is 0.560. The minimum atomic E-state index is -0.761. The van der Waals surface area contributed by atoms with Crippen LogP contribution < -0.4 is 5.32 Å². The average molecular weight is 383 g/mol. The lowest BCUT2D eigenvalue weighted by Crippen LogP contribution is -2.51. The van der Waals surface area contributed by atoms with Gasteiger partial charge in [0.2, 0.25) is 5.91 Å². The summed E-state index contributed by atoms with van der Waals surface area (Å²) in [6, 6.07) is 9.28. The molecule has 150 valence electrons. The van der Waals surface area contributed by atoms with E-state index in [2.05, 4.69) is 29.6 Å². The van der Waals surface area contributed by atoms with Crippen LogP contribution in [0.4, 0.5) is 4.79 Å². The quantitative estimate of drug-likeness (QED) is 0.816. The SMILES string of the molecule is CC(C(=O)N1CCCC(c2ccccc2)CC1)N1C(=O)NC2(CCCC2)C1=O. The van der Waals surface area contributed by atoms with E-state index >= 15 is 0 Å². The van der Waals surface area contributed by atoms with Gasteiger partial charge in [-0.05, 0) is 50.5 Å². The topological polar surface area (TPSA) is 69.7 Å². The fourth-order valence-electron chi connectivity index (χ4n) is 5.06. The first-order valence-corrected chi connectivity index (χ1v) is 10.5. The molecular formula is C22H29N3O3. The molecule has 1 aromatic carbocycles. The lowest BCUT2D eigenvalue weighted by atomic mass is 9.92. The molecule has 2 atom stereocenters. The molecule has 6 heteroatoms. The number of hydrogen-bond donors (Lipinski definition) is 1. The molecule has 3 aliphatic rings. The Bertz CT molecular complexity index is 758. The molecule has 2 saturated heterocycles. The number of rotatable bonds is 3. The number of nitrogens with zero attached hydrogens (tertiary/aromatic N) is 2. The Kier molecular flexibility index (Phi) is 5.13. The van der Waals surface area contributed by atoms with Crippen molar-refractivity contribution in [1.29, 1.82) is 0 Å². The molecule has 0 aromatic heterocycles. The summed E-state index contributed by atoms with van der Waals surface area (Å²) < 4.78 is 0. The summed E-state index contributed by atoms with van der Waals surface area (Å²) in [5, 5.41) is 2.88. The maximum Gasteiger partial charge on any atom is 0.325 e. The average Bonchev–Trinajstić information content (AvgIpc) is 3.16. The Balaban J connectivity index is 1.43. The summed E-state index contributed by atoms with van der Waals surface area (Å²) in [6.07, 6.45) is 6.13. The fraction of sp³-hybridized carbons (Fsp3) is 0.591. The van der Waals surface area contributed by atoms with Crippen molar-refractivity contribution in [3.05, 3.63) is 35.9 Å². The second kappa shape index (κ2) is 7.57. The number of amides is 4. The van der Waals surface area contributed by atoms with Crippen LogP contribution in [0.25, 0.3) is 0 Å². The van der Waals surface area contributed by atoms with E-state index in [4.69, 9.17) is 0 Å². The smallest absolute Gasteiger partial charge is 0.325 e. The zero-order valence-corrected chi connectivity index (χ0v) is 16.5. The van der Waals surface area contributed by atoms with E-state index in [1.165, 1.54) is 10.5 Å². The molecule has 0 radical (unpaired) electrons. The van der Waals surface area contributed by atoms with E-state index in [0.717, 1.165) is 32.1 Å². The van der Waals surface area contributed by atoms with Crippen LogP contribution in [0.15, 0.2) is 30.3 Å². The fourth-order valence-corrected chi connectivity index (χ4v) is 5.06. The van der Waals surface area contributed by atoms with Crippen LogP contribution in [0, 0.1) is 0 Å². The highest BCUT2D eigenvalue weighted by atomic mass is 16.2.